The lowest BCUT2D eigenvalue weighted by molar-refractivity contribution is -0.118. The van der Waals surface area contributed by atoms with Crippen LogP contribution in [0.1, 0.15) is 0 Å². The van der Waals surface area contributed by atoms with E-state index < -0.39 is 11.9 Å². The molecule has 1 amide bonds. The van der Waals surface area contributed by atoms with Gasteiger partial charge in [0.15, 0.2) is 6.04 Å². The third kappa shape index (κ3) is 3.40. The fourth-order valence-electron chi connectivity index (χ4n) is 0.0636. The first-order valence-electron chi connectivity index (χ1n) is 1.63. The van der Waals surface area contributed by atoms with Gasteiger partial charge in [-0.1, -0.05) is 0 Å². The van der Waals surface area contributed by atoms with Gasteiger partial charge in [-0.05, 0) is 0 Å². The highest BCUT2D eigenvalue weighted by Gasteiger charge is 2.03. The Labute approximate surface area is 52.9 Å². The Bertz CT molecular complexity index is 118. The van der Waals surface area contributed by atoms with E-state index in [4.69, 9.17) is 11.0 Å². The highest BCUT2D eigenvalue weighted by atomic mass is 35.5. The second kappa shape index (κ2) is 4.37. The molecule has 0 aromatic heterocycles. The summed E-state index contributed by atoms with van der Waals surface area (Å²) in [7, 11) is 0. The molecule has 1 unspecified atom stereocenters. The van der Waals surface area contributed by atoms with E-state index >= 15 is 0 Å². The molecule has 8 heavy (non-hydrogen) atoms. The summed E-state index contributed by atoms with van der Waals surface area (Å²) in [5.41, 5.74) is 9.34. The molecule has 4 N–H and O–H groups in total. The minimum atomic E-state index is -1.15. The molecule has 0 aliphatic rings. The predicted octanol–water partition coefficient (Wildman–Crippen LogP) is -1.26. The maximum Gasteiger partial charge on any atom is 0.249 e. The molecule has 0 rings (SSSR count). The first kappa shape index (κ1) is 10.2. The van der Waals surface area contributed by atoms with E-state index in [0.29, 0.717) is 0 Å². The van der Waals surface area contributed by atoms with E-state index in [-0.39, 0.29) is 12.4 Å². The van der Waals surface area contributed by atoms with Gasteiger partial charge in [0.05, 0.1) is 6.07 Å². The minimum absolute atomic E-state index is 0. The summed E-state index contributed by atoms with van der Waals surface area (Å²) in [5.74, 6) is -0.789. The van der Waals surface area contributed by atoms with Crippen LogP contribution in [-0.2, 0) is 4.79 Å². The lowest BCUT2D eigenvalue weighted by atomic mass is 10.3. The van der Waals surface area contributed by atoms with Crippen molar-refractivity contribution < 1.29 is 4.79 Å². The molecule has 4 nitrogen and oxygen atoms in total. The van der Waals surface area contributed by atoms with Gasteiger partial charge in [-0.2, -0.15) is 5.26 Å². The van der Waals surface area contributed by atoms with Crippen LogP contribution < -0.4 is 11.5 Å². The van der Waals surface area contributed by atoms with E-state index in [0.717, 1.165) is 0 Å². The van der Waals surface area contributed by atoms with Crippen molar-refractivity contribution >= 4 is 18.3 Å². The van der Waals surface area contributed by atoms with Crippen LogP contribution in [0, 0.1) is 11.3 Å². The number of halogens is 1. The summed E-state index contributed by atoms with van der Waals surface area (Å²) in [6.07, 6.45) is 0. The summed E-state index contributed by atoms with van der Waals surface area (Å²) >= 11 is 0. The number of nitrogens with zero attached hydrogens (tertiary/aromatic N) is 1. The first-order chi connectivity index (χ1) is 3.18. The van der Waals surface area contributed by atoms with Gasteiger partial charge in [0.2, 0.25) is 5.91 Å². The van der Waals surface area contributed by atoms with Crippen molar-refractivity contribution in [3.8, 4) is 6.07 Å². The highest BCUT2D eigenvalue weighted by molar-refractivity contribution is 5.85. The van der Waals surface area contributed by atoms with Crippen molar-refractivity contribution in [2.75, 3.05) is 0 Å². The zero-order valence-electron chi connectivity index (χ0n) is 4.00. The second-order valence-electron chi connectivity index (χ2n) is 1.01. The topological polar surface area (TPSA) is 92.9 Å². The average molecular weight is 136 g/mol. The van der Waals surface area contributed by atoms with Crippen LogP contribution in [0.25, 0.3) is 0 Å². The van der Waals surface area contributed by atoms with E-state index in [9.17, 15) is 4.79 Å². The molecule has 0 fully saturated rings. The largest absolute Gasteiger partial charge is 0.367 e. The third-order valence-electron chi connectivity index (χ3n) is 0.446. The van der Waals surface area contributed by atoms with Gasteiger partial charge >= 0.3 is 0 Å². The Kier molecular flexibility index (Phi) is 5.60. The van der Waals surface area contributed by atoms with Crippen LogP contribution >= 0.6 is 12.4 Å². The molecular formula is C3H6ClN3O. The number of carbonyl (C=O) groups excluding carboxylic acids is 1. The van der Waals surface area contributed by atoms with Gasteiger partial charge in [0, 0.05) is 0 Å². The molecule has 0 aliphatic heterocycles. The number of hydrogen-bond donors (Lipinski definition) is 2. The Hall–Kier alpha value is -0.790. The predicted molar refractivity (Wildman–Crippen MR) is 30.0 cm³/mol. The number of amides is 1. The Morgan fingerprint density at radius 1 is 1.75 bits per heavy atom. The fraction of sp³-hybridized carbons (Fsp3) is 0.333. The summed E-state index contributed by atoms with van der Waals surface area (Å²) in [5, 5.41) is 7.83. The van der Waals surface area contributed by atoms with Crippen molar-refractivity contribution in [2.24, 2.45) is 11.5 Å². The summed E-state index contributed by atoms with van der Waals surface area (Å²) < 4.78 is 0. The monoisotopic (exact) mass is 135 g/mol. The number of primary amides is 1. The average Bonchev–Trinajstić information content (AvgIpc) is 1.65. The third-order valence-corrected chi connectivity index (χ3v) is 0.446. The summed E-state index contributed by atoms with van der Waals surface area (Å²) in [6.45, 7) is 0. The molecule has 0 radical (unpaired) electrons. The SMILES string of the molecule is Cl.N#CC(N)C(N)=O. The van der Waals surface area contributed by atoms with Gasteiger partial charge in [-0.25, -0.2) is 0 Å². The lowest BCUT2D eigenvalue weighted by Crippen LogP contribution is -2.34. The van der Waals surface area contributed by atoms with Gasteiger partial charge in [-0.15, -0.1) is 12.4 Å². The van der Waals surface area contributed by atoms with E-state index in [1.54, 1.807) is 0 Å². The number of nitriles is 1. The van der Waals surface area contributed by atoms with Crippen LogP contribution in [0.4, 0.5) is 0 Å². The van der Waals surface area contributed by atoms with Crippen LogP contribution in [-0.4, -0.2) is 11.9 Å². The molecule has 0 aromatic carbocycles. The minimum Gasteiger partial charge on any atom is -0.367 e. The smallest absolute Gasteiger partial charge is 0.249 e. The first-order valence-corrected chi connectivity index (χ1v) is 1.63. The van der Waals surface area contributed by atoms with Gasteiger partial charge in [-0.3, -0.25) is 4.79 Å². The van der Waals surface area contributed by atoms with Crippen molar-refractivity contribution in [3.63, 3.8) is 0 Å². The van der Waals surface area contributed by atoms with E-state index in [1.165, 1.54) is 6.07 Å². The molecule has 0 spiro atoms. The van der Waals surface area contributed by atoms with Crippen molar-refractivity contribution in [1.82, 2.24) is 0 Å². The van der Waals surface area contributed by atoms with Gasteiger partial charge in [0.25, 0.3) is 0 Å². The molecule has 0 heterocycles. The lowest BCUT2D eigenvalue weighted by Gasteiger charge is -1.88. The quantitative estimate of drug-likeness (QED) is 0.470. The molecule has 0 saturated heterocycles. The zero-order chi connectivity index (χ0) is 5.86. The Morgan fingerprint density at radius 2 is 2.12 bits per heavy atom. The maximum absolute atomic E-state index is 9.81. The van der Waals surface area contributed by atoms with Crippen LogP contribution in [0.5, 0.6) is 0 Å². The normalized spacial score (nSPS) is 10.5. The summed E-state index contributed by atoms with van der Waals surface area (Å²) in [4.78, 5) is 9.81. The van der Waals surface area contributed by atoms with E-state index in [2.05, 4.69) is 5.73 Å². The maximum atomic E-state index is 9.81. The van der Waals surface area contributed by atoms with Crippen molar-refractivity contribution in [3.05, 3.63) is 0 Å². The zero-order valence-corrected chi connectivity index (χ0v) is 4.81. The van der Waals surface area contributed by atoms with Gasteiger partial charge < -0.3 is 11.5 Å². The molecule has 5 heteroatoms. The number of nitrogens with two attached hydrogens (primary N) is 2. The number of hydrogen-bond acceptors (Lipinski definition) is 3. The second-order valence-corrected chi connectivity index (χ2v) is 1.01. The van der Waals surface area contributed by atoms with Gasteiger partial charge in [0.1, 0.15) is 0 Å². The molecule has 0 saturated carbocycles. The fourth-order valence-corrected chi connectivity index (χ4v) is 0.0636. The van der Waals surface area contributed by atoms with Crippen molar-refractivity contribution in [2.45, 2.75) is 6.04 Å². The molecule has 0 aliphatic carbocycles. The van der Waals surface area contributed by atoms with Crippen LogP contribution in [0.3, 0.4) is 0 Å². The summed E-state index contributed by atoms with van der Waals surface area (Å²) in [6, 6.07) is 0.315. The standard InChI is InChI=1S/C3H5N3O.ClH/c4-1-2(5)3(6)7;/h2H,5H2,(H2,6,7);1H. The molecule has 46 valence electrons. The Morgan fingerprint density at radius 3 is 2.12 bits per heavy atom. The molecule has 0 aromatic rings. The van der Waals surface area contributed by atoms with E-state index in [1.807, 2.05) is 0 Å². The Balaban J connectivity index is 0. The number of carbonyl (C=O) groups is 1. The molecular weight excluding hydrogens is 130 g/mol. The molecule has 0 bridgehead atoms. The van der Waals surface area contributed by atoms with Crippen LogP contribution in [0.15, 0.2) is 0 Å². The number of rotatable bonds is 1. The van der Waals surface area contributed by atoms with Crippen molar-refractivity contribution in [1.29, 1.82) is 5.26 Å². The van der Waals surface area contributed by atoms with Crippen LogP contribution in [0.2, 0.25) is 0 Å². The molecule has 1 atom stereocenters. The highest BCUT2D eigenvalue weighted by Crippen LogP contribution is 1.65.